The third-order valence-corrected chi connectivity index (χ3v) is 4.54. The maximum Gasteiger partial charge on any atom is 0.417 e. The van der Waals surface area contributed by atoms with E-state index in [0.29, 0.717) is 5.39 Å². The zero-order chi connectivity index (χ0) is 15.9. The fourth-order valence-electron chi connectivity index (χ4n) is 3.51. The Labute approximate surface area is 140 Å². The number of benzene rings is 1. The Morgan fingerprint density at radius 2 is 1.83 bits per heavy atom. The van der Waals surface area contributed by atoms with Gasteiger partial charge in [-0.25, -0.2) is 0 Å². The van der Waals surface area contributed by atoms with Crippen molar-refractivity contribution in [2.45, 2.75) is 38.4 Å². The molecular formula is C17H22ClF3N2. The second kappa shape index (κ2) is 6.73. The third-order valence-electron chi connectivity index (χ3n) is 4.54. The maximum atomic E-state index is 13.4. The lowest BCUT2D eigenvalue weighted by Gasteiger charge is -2.16. The Balaban J connectivity index is 0.00000192. The normalized spacial score (nSPS) is 14.9. The molecule has 1 aliphatic carbocycles. The summed E-state index contributed by atoms with van der Waals surface area (Å²) < 4.78 is 42.3. The largest absolute Gasteiger partial charge is 1.00 e. The van der Waals surface area contributed by atoms with E-state index < -0.39 is 11.7 Å². The second-order valence-electron chi connectivity index (χ2n) is 6.44. The van der Waals surface area contributed by atoms with Gasteiger partial charge in [-0.15, -0.1) is 0 Å². The Hall–Kier alpha value is -1.20. The summed E-state index contributed by atoms with van der Waals surface area (Å²) in [5, 5.41) is 0.443. The number of aromatic nitrogens is 1. The molecule has 0 unspecified atom stereocenters. The lowest BCUT2D eigenvalue weighted by molar-refractivity contribution is -0.858. The summed E-state index contributed by atoms with van der Waals surface area (Å²) in [4.78, 5) is 1.30. The quantitative estimate of drug-likeness (QED) is 0.781. The van der Waals surface area contributed by atoms with Crippen LogP contribution in [0.25, 0.3) is 10.9 Å². The van der Waals surface area contributed by atoms with Crippen molar-refractivity contribution in [1.29, 1.82) is 0 Å². The number of hydrogen-bond donors (Lipinski definition) is 1. The number of fused-ring (bicyclic) bond motifs is 3. The van der Waals surface area contributed by atoms with Crippen molar-refractivity contribution in [2.75, 3.05) is 20.6 Å². The number of nitrogens with one attached hydrogen (secondary N) is 1. The number of hydrogen-bond acceptors (Lipinski definition) is 0. The van der Waals surface area contributed by atoms with Gasteiger partial charge in [-0.2, -0.15) is 13.2 Å². The molecule has 1 aliphatic rings. The Morgan fingerprint density at radius 1 is 1.13 bits per heavy atom. The van der Waals surface area contributed by atoms with Gasteiger partial charge in [0.1, 0.15) is 0 Å². The van der Waals surface area contributed by atoms with Crippen molar-refractivity contribution in [3.05, 3.63) is 35.0 Å². The number of quaternary nitrogens is 1. The van der Waals surface area contributed by atoms with Crippen LogP contribution >= 0.6 is 0 Å². The molecule has 2 aromatic rings. The number of halogens is 4. The maximum absolute atomic E-state index is 13.4. The van der Waals surface area contributed by atoms with Gasteiger partial charge in [0.2, 0.25) is 0 Å². The fourth-order valence-corrected chi connectivity index (χ4v) is 3.51. The van der Waals surface area contributed by atoms with E-state index in [4.69, 9.17) is 0 Å². The summed E-state index contributed by atoms with van der Waals surface area (Å²) in [5.41, 5.74) is 2.34. The Bertz CT molecular complexity index is 689. The van der Waals surface area contributed by atoms with E-state index in [1.165, 1.54) is 17.0 Å². The third kappa shape index (κ3) is 3.36. The average Bonchev–Trinajstić information content (AvgIpc) is 2.78. The first-order chi connectivity index (χ1) is 10.4. The van der Waals surface area contributed by atoms with Gasteiger partial charge in [-0.05, 0) is 43.4 Å². The molecule has 1 aromatic heterocycles. The van der Waals surface area contributed by atoms with E-state index in [2.05, 4.69) is 18.7 Å². The lowest BCUT2D eigenvalue weighted by atomic mass is 9.93. The van der Waals surface area contributed by atoms with E-state index in [-0.39, 0.29) is 12.4 Å². The highest BCUT2D eigenvalue weighted by Gasteiger charge is 2.35. The summed E-state index contributed by atoms with van der Waals surface area (Å²) in [6, 6.07) is 4.60. The van der Waals surface area contributed by atoms with Crippen LogP contribution in [0.2, 0.25) is 0 Å². The smallest absolute Gasteiger partial charge is 0.417 e. The molecule has 2 nitrogen and oxygen atoms in total. The molecule has 0 atom stereocenters. The van der Waals surface area contributed by atoms with E-state index in [0.717, 1.165) is 55.5 Å². The van der Waals surface area contributed by atoms with Crippen molar-refractivity contribution in [3.63, 3.8) is 0 Å². The number of likely N-dealkylation sites (N-methyl/N-ethyl adjacent to an activating group) is 1. The molecule has 0 amide bonds. The van der Waals surface area contributed by atoms with Crippen molar-refractivity contribution in [3.8, 4) is 0 Å². The van der Waals surface area contributed by atoms with E-state index in [1.54, 1.807) is 0 Å². The van der Waals surface area contributed by atoms with E-state index in [9.17, 15) is 13.2 Å². The van der Waals surface area contributed by atoms with Gasteiger partial charge in [0.25, 0.3) is 0 Å². The number of nitrogens with zero attached hydrogens (tertiary/aromatic N) is 1. The molecular weight excluding hydrogens is 325 g/mol. The molecule has 1 N–H and O–H groups in total. The minimum Gasteiger partial charge on any atom is -1.00 e. The first-order valence-corrected chi connectivity index (χ1v) is 7.89. The molecule has 3 rings (SSSR count). The minimum absolute atomic E-state index is 0. The lowest BCUT2D eigenvalue weighted by Crippen LogP contribution is -3.06. The monoisotopic (exact) mass is 346 g/mol. The summed E-state index contributed by atoms with van der Waals surface area (Å²) in [5.74, 6) is 0. The van der Waals surface area contributed by atoms with Crippen LogP contribution in [0, 0.1) is 0 Å². The van der Waals surface area contributed by atoms with Crippen LogP contribution in [-0.2, 0) is 25.6 Å². The second-order valence-corrected chi connectivity index (χ2v) is 6.44. The zero-order valence-corrected chi connectivity index (χ0v) is 14.2. The van der Waals surface area contributed by atoms with Crippen LogP contribution in [0.3, 0.4) is 0 Å². The predicted octanol–water partition coefficient (Wildman–Crippen LogP) is -0.313. The summed E-state index contributed by atoms with van der Waals surface area (Å²) in [6.07, 6.45) is -0.578. The standard InChI is InChI=1S/C17H21F3N2.ClH/c1-21(2)10-11-22-14-8-4-3-6-12(14)16-13(17(18,19)20)7-5-9-15(16)22;/h5,7,9H,3-4,6,8,10-11H2,1-2H3;1H. The van der Waals surface area contributed by atoms with Gasteiger partial charge in [0.05, 0.1) is 32.7 Å². The summed E-state index contributed by atoms with van der Waals surface area (Å²) in [7, 11) is 4.14. The number of rotatable bonds is 3. The summed E-state index contributed by atoms with van der Waals surface area (Å²) >= 11 is 0. The van der Waals surface area contributed by atoms with Crippen LogP contribution < -0.4 is 17.3 Å². The van der Waals surface area contributed by atoms with Crippen LogP contribution in [0.1, 0.15) is 29.7 Å². The highest BCUT2D eigenvalue weighted by atomic mass is 35.5. The molecule has 1 heterocycles. The van der Waals surface area contributed by atoms with Crippen LogP contribution in [-0.4, -0.2) is 25.2 Å². The Kier molecular flexibility index (Phi) is 5.31. The summed E-state index contributed by atoms with van der Waals surface area (Å²) in [6.45, 7) is 1.68. The number of aryl methyl sites for hydroxylation is 1. The first kappa shape index (κ1) is 18.1. The van der Waals surface area contributed by atoms with Gasteiger partial charge < -0.3 is 21.9 Å². The molecule has 23 heavy (non-hydrogen) atoms. The van der Waals surface area contributed by atoms with Crippen LogP contribution in [0.5, 0.6) is 0 Å². The van der Waals surface area contributed by atoms with Crippen molar-refractivity contribution < 1.29 is 30.5 Å². The van der Waals surface area contributed by atoms with Gasteiger partial charge >= 0.3 is 6.18 Å². The highest BCUT2D eigenvalue weighted by Crippen LogP contribution is 2.40. The molecule has 6 heteroatoms. The minimum atomic E-state index is -4.29. The first-order valence-electron chi connectivity index (χ1n) is 7.89. The predicted molar refractivity (Wildman–Crippen MR) is 81.3 cm³/mol. The van der Waals surface area contributed by atoms with Crippen LogP contribution in [0.15, 0.2) is 18.2 Å². The molecule has 0 saturated heterocycles. The van der Waals surface area contributed by atoms with Gasteiger partial charge in [0.15, 0.2) is 0 Å². The topological polar surface area (TPSA) is 9.37 Å². The molecule has 0 saturated carbocycles. The molecule has 1 aromatic carbocycles. The van der Waals surface area contributed by atoms with Gasteiger partial charge in [0, 0.05) is 16.6 Å². The van der Waals surface area contributed by atoms with Gasteiger partial charge in [-0.1, -0.05) is 6.07 Å². The van der Waals surface area contributed by atoms with E-state index >= 15 is 0 Å². The van der Waals surface area contributed by atoms with E-state index in [1.807, 2.05) is 6.07 Å². The van der Waals surface area contributed by atoms with Crippen molar-refractivity contribution in [1.82, 2.24) is 4.57 Å². The Morgan fingerprint density at radius 3 is 2.48 bits per heavy atom. The van der Waals surface area contributed by atoms with Crippen LogP contribution in [0.4, 0.5) is 13.2 Å². The molecule has 0 radical (unpaired) electrons. The average molecular weight is 347 g/mol. The van der Waals surface area contributed by atoms with Gasteiger partial charge in [-0.3, -0.25) is 0 Å². The molecule has 0 bridgehead atoms. The SMILES string of the molecule is C[NH+](C)CCn1c2c(c3c(C(F)(F)F)cccc31)CCCC2.[Cl-]. The van der Waals surface area contributed by atoms with Crippen molar-refractivity contribution in [2.24, 2.45) is 0 Å². The highest BCUT2D eigenvalue weighted by molar-refractivity contribution is 5.89. The van der Waals surface area contributed by atoms with Crippen molar-refractivity contribution >= 4 is 10.9 Å². The fraction of sp³-hybridized carbons (Fsp3) is 0.529. The molecule has 0 aliphatic heterocycles. The molecule has 0 spiro atoms. The number of alkyl halides is 3. The molecule has 128 valence electrons. The molecule has 0 fully saturated rings. The zero-order valence-electron chi connectivity index (χ0n) is 13.4.